The van der Waals surface area contributed by atoms with Crippen LogP contribution in [0.2, 0.25) is 0 Å². The number of aliphatic hydroxyl groups excluding tert-OH is 1. The van der Waals surface area contributed by atoms with Crippen LogP contribution in [-0.4, -0.2) is 34.1 Å². The fourth-order valence-corrected chi connectivity index (χ4v) is 1.52. The first-order chi connectivity index (χ1) is 9.12. The fraction of sp³-hybridized carbons (Fsp3) is 0.385. The largest absolute Gasteiger partial charge is 0.479 e. The highest BCUT2D eigenvalue weighted by molar-refractivity contribution is 5.91. The predicted octanol–water partition coefficient (Wildman–Crippen LogP) is 1.12. The van der Waals surface area contributed by atoms with Crippen molar-refractivity contribution in [3.63, 3.8) is 0 Å². The lowest BCUT2D eigenvalue weighted by atomic mass is 9.91. The monoisotopic (exact) mass is 287 g/mol. The molecule has 0 aliphatic carbocycles. The molecule has 0 spiro atoms. The van der Waals surface area contributed by atoms with Crippen molar-refractivity contribution in [3.05, 3.63) is 35.9 Å². The van der Waals surface area contributed by atoms with Gasteiger partial charge in [0.05, 0.1) is 0 Å². The number of aliphatic hydroxyl groups is 1. The highest BCUT2D eigenvalue weighted by Crippen LogP contribution is 2.25. The Bertz CT molecular complexity index is 504. The second-order valence-electron chi connectivity index (χ2n) is 4.55. The van der Waals surface area contributed by atoms with E-state index in [2.05, 4.69) is 0 Å². The maximum absolute atomic E-state index is 13.4. The first kappa shape index (κ1) is 16.0. The second kappa shape index (κ2) is 5.54. The van der Waals surface area contributed by atoms with Gasteiger partial charge in [-0.15, -0.1) is 0 Å². The average Bonchev–Trinajstić information content (AvgIpc) is 2.38. The van der Waals surface area contributed by atoms with Gasteiger partial charge in [-0.3, -0.25) is 4.79 Å². The van der Waals surface area contributed by atoms with Crippen LogP contribution in [0.5, 0.6) is 0 Å². The summed E-state index contributed by atoms with van der Waals surface area (Å²) in [5, 5.41) is 19.9. The minimum absolute atomic E-state index is 0.141. The number of carbonyl (C=O) groups excluding carboxylic acids is 1. The SMILES string of the molecule is CC(O)C(F)(F)C(=O)NC(C)(C(=O)O)c1ccccc1. The molecule has 2 atom stereocenters. The van der Waals surface area contributed by atoms with Crippen molar-refractivity contribution in [2.45, 2.75) is 31.4 Å². The maximum Gasteiger partial charge on any atom is 0.349 e. The van der Waals surface area contributed by atoms with Crippen LogP contribution in [0.25, 0.3) is 0 Å². The molecule has 1 amide bonds. The summed E-state index contributed by atoms with van der Waals surface area (Å²) >= 11 is 0. The van der Waals surface area contributed by atoms with Gasteiger partial charge in [0.25, 0.3) is 5.91 Å². The lowest BCUT2D eigenvalue weighted by Crippen LogP contribution is -2.57. The average molecular weight is 287 g/mol. The van der Waals surface area contributed by atoms with Crippen LogP contribution in [0.4, 0.5) is 8.78 Å². The molecule has 110 valence electrons. The van der Waals surface area contributed by atoms with Crippen molar-refractivity contribution >= 4 is 11.9 Å². The van der Waals surface area contributed by atoms with Gasteiger partial charge in [-0.25, -0.2) is 4.79 Å². The zero-order valence-electron chi connectivity index (χ0n) is 10.9. The third-order valence-corrected chi connectivity index (χ3v) is 2.97. The quantitative estimate of drug-likeness (QED) is 0.757. The van der Waals surface area contributed by atoms with Crippen molar-refractivity contribution in [3.8, 4) is 0 Å². The molecule has 0 saturated heterocycles. The third-order valence-electron chi connectivity index (χ3n) is 2.97. The fourth-order valence-electron chi connectivity index (χ4n) is 1.52. The molecular weight excluding hydrogens is 272 g/mol. The number of aliphatic carboxylic acids is 1. The van der Waals surface area contributed by atoms with Crippen molar-refractivity contribution in [2.75, 3.05) is 0 Å². The molecule has 5 nitrogen and oxygen atoms in total. The molecule has 0 saturated carbocycles. The summed E-state index contributed by atoms with van der Waals surface area (Å²) in [7, 11) is 0. The van der Waals surface area contributed by atoms with Crippen molar-refractivity contribution < 1.29 is 28.6 Å². The Balaban J connectivity index is 3.12. The molecule has 0 heterocycles. The molecule has 0 aliphatic rings. The number of carboxylic acids is 1. The number of hydrogen-bond acceptors (Lipinski definition) is 3. The Morgan fingerprint density at radius 1 is 1.25 bits per heavy atom. The van der Waals surface area contributed by atoms with Gasteiger partial charge in [0.2, 0.25) is 0 Å². The summed E-state index contributed by atoms with van der Waals surface area (Å²) < 4.78 is 26.8. The number of rotatable bonds is 5. The molecule has 7 heteroatoms. The zero-order chi connectivity index (χ0) is 15.6. The Hall–Kier alpha value is -2.02. The van der Waals surface area contributed by atoms with Gasteiger partial charge in [0, 0.05) is 0 Å². The Labute approximate surface area is 114 Å². The summed E-state index contributed by atoms with van der Waals surface area (Å²) in [6.45, 7) is 1.85. The first-order valence-corrected chi connectivity index (χ1v) is 5.79. The topological polar surface area (TPSA) is 86.6 Å². The molecule has 1 rings (SSSR count). The molecule has 1 aromatic carbocycles. The molecule has 0 fully saturated rings. The Morgan fingerprint density at radius 3 is 2.15 bits per heavy atom. The number of halogens is 2. The van der Waals surface area contributed by atoms with E-state index in [4.69, 9.17) is 5.11 Å². The van der Waals surface area contributed by atoms with E-state index >= 15 is 0 Å². The van der Waals surface area contributed by atoms with Gasteiger partial charge in [-0.2, -0.15) is 8.78 Å². The molecule has 1 aromatic rings. The second-order valence-corrected chi connectivity index (χ2v) is 4.55. The van der Waals surface area contributed by atoms with Crippen LogP contribution in [0.1, 0.15) is 19.4 Å². The molecule has 20 heavy (non-hydrogen) atoms. The van der Waals surface area contributed by atoms with Gasteiger partial charge in [-0.1, -0.05) is 30.3 Å². The molecule has 0 bridgehead atoms. The minimum atomic E-state index is -4.08. The first-order valence-electron chi connectivity index (χ1n) is 5.79. The number of amides is 1. The number of hydrogen-bond donors (Lipinski definition) is 3. The predicted molar refractivity (Wildman–Crippen MR) is 66.2 cm³/mol. The molecule has 0 aliphatic heterocycles. The minimum Gasteiger partial charge on any atom is -0.479 e. The molecule has 3 N–H and O–H groups in total. The number of alkyl halides is 2. The van der Waals surface area contributed by atoms with E-state index in [0.717, 1.165) is 13.8 Å². The number of benzene rings is 1. The van der Waals surface area contributed by atoms with Crippen LogP contribution in [-0.2, 0) is 15.1 Å². The number of carbonyl (C=O) groups is 2. The summed E-state index contributed by atoms with van der Waals surface area (Å²) in [6.07, 6.45) is -2.23. The Morgan fingerprint density at radius 2 is 1.75 bits per heavy atom. The van der Waals surface area contributed by atoms with E-state index in [1.165, 1.54) is 24.3 Å². The van der Waals surface area contributed by atoms with Crippen LogP contribution < -0.4 is 5.32 Å². The van der Waals surface area contributed by atoms with Gasteiger partial charge >= 0.3 is 11.9 Å². The van der Waals surface area contributed by atoms with E-state index in [1.807, 2.05) is 0 Å². The van der Waals surface area contributed by atoms with Crippen LogP contribution in [0, 0.1) is 0 Å². The third kappa shape index (κ3) is 2.93. The Kier molecular flexibility index (Phi) is 4.44. The van der Waals surface area contributed by atoms with E-state index in [9.17, 15) is 23.5 Å². The lowest BCUT2D eigenvalue weighted by Gasteiger charge is -2.29. The highest BCUT2D eigenvalue weighted by atomic mass is 19.3. The summed E-state index contributed by atoms with van der Waals surface area (Å²) in [4.78, 5) is 22.8. The summed E-state index contributed by atoms with van der Waals surface area (Å²) in [5.74, 6) is -7.41. The van der Waals surface area contributed by atoms with Gasteiger partial charge in [0.15, 0.2) is 5.54 Å². The molecule has 0 radical (unpaired) electrons. The van der Waals surface area contributed by atoms with E-state index in [1.54, 1.807) is 11.4 Å². The normalized spacial score (nSPS) is 16.1. The zero-order valence-corrected chi connectivity index (χ0v) is 10.9. The molecule has 2 unspecified atom stereocenters. The highest BCUT2D eigenvalue weighted by Gasteiger charge is 2.48. The molecule has 0 aromatic heterocycles. The van der Waals surface area contributed by atoms with Gasteiger partial charge in [0.1, 0.15) is 6.10 Å². The van der Waals surface area contributed by atoms with Crippen LogP contribution in [0.15, 0.2) is 30.3 Å². The summed E-state index contributed by atoms with van der Waals surface area (Å²) in [6, 6.07) is 7.47. The van der Waals surface area contributed by atoms with Crippen LogP contribution >= 0.6 is 0 Å². The van der Waals surface area contributed by atoms with Crippen LogP contribution in [0.3, 0.4) is 0 Å². The number of nitrogens with one attached hydrogen (secondary N) is 1. The van der Waals surface area contributed by atoms with E-state index < -0.39 is 29.4 Å². The van der Waals surface area contributed by atoms with Crippen molar-refractivity contribution in [2.24, 2.45) is 0 Å². The van der Waals surface area contributed by atoms with Crippen molar-refractivity contribution in [1.29, 1.82) is 0 Å². The lowest BCUT2D eigenvalue weighted by molar-refractivity contribution is -0.166. The molecular formula is C13H15F2NO4. The summed E-state index contributed by atoms with van der Waals surface area (Å²) in [5.41, 5.74) is -1.88. The smallest absolute Gasteiger partial charge is 0.349 e. The van der Waals surface area contributed by atoms with Crippen molar-refractivity contribution in [1.82, 2.24) is 5.32 Å². The van der Waals surface area contributed by atoms with Gasteiger partial charge < -0.3 is 15.5 Å². The van der Waals surface area contributed by atoms with E-state index in [-0.39, 0.29) is 5.56 Å². The standard InChI is InChI=1S/C13H15F2NO4/c1-8(17)13(14,15)10(18)16-12(2,11(19)20)9-6-4-3-5-7-9/h3-8,17H,1-2H3,(H,16,18)(H,19,20). The van der Waals surface area contributed by atoms with Gasteiger partial charge in [-0.05, 0) is 19.4 Å². The number of carboxylic acid groups (broad SMARTS) is 1. The van der Waals surface area contributed by atoms with E-state index in [0.29, 0.717) is 0 Å². The maximum atomic E-state index is 13.4.